The Morgan fingerprint density at radius 2 is 1.59 bits per heavy atom. The van der Waals surface area contributed by atoms with Gasteiger partial charge in [-0.05, 0) is 35.4 Å². The summed E-state index contributed by atoms with van der Waals surface area (Å²) < 4.78 is 12.0. The molecule has 1 aliphatic rings. The molecule has 32 heavy (non-hydrogen) atoms. The van der Waals surface area contributed by atoms with Crippen molar-refractivity contribution in [3.63, 3.8) is 0 Å². The van der Waals surface area contributed by atoms with E-state index in [1.165, 1.54) is 0 Å². The van der Waals surface area contributed by atoms with E-state index in [0.29, 0.717) is 11.1 Å². The summed E-state index contributed by atoms with van der Waals surface area (Å²) in [6.07, 6.45) is -1.10. The Kier molecular flexibility index (Phi) is 6.17. The van der Waals surface area contributed by atoms with Gasteiger partial charge in [-0.15, -0.1) is 0 Å². The highest BCUT2D eigenvalue weighted by Crippen LogP contribution is 2.38. The first-order valence-corrected chi connectivity index (χ1v) is 10.7. The van der Waals surface area contributed by atoms with Gasteiger partial charge in [0.15, 0.2) is 6.10 Å². The second kappa shape index (κ2) is 9.02. The predicted octanol–water partition coefficient (Wildman–Crippen LogP) is 4.52. The maximum absolute atomic E-state index is 12.7. The van der Waals surface area contributed by atoms with E-state index in [1.807, 2.05) is 78.9 Å². The lowest BCUT2D eigenvalue weighted by molar-refractivity contribution is 0.0829. The van der Waals surface area contributed by atoms with Crippen LogP contribution in [0.4, 0.5) is 16.2 Å². The molecular formula is C26H29N2O4+. The van der Waals surface area contributed by atoms with E-state index < -0.39 is 18.2 Å². The van der Waals surface area contributed by atoms with Crippen molar-refractivity contribution in [3.8, 4) is 5.75 Å². The molecule has 2 atom stereocenters. The zero-order valence-corrected chi connectivity index (χ0v) is 18.6. The summed E-state index contributed by atoms with van der Waals surface area (Å²) in [4.78, 5) is 14.3. The van der Waals surface area contributed by atoms with Gasteiger partial charge in [-0.2, -0.15) is 0 Å². The normalized spacial score (nSPS) is 18.5. The van der Waals surface area contributed by atoms with Crippen LogP contribution in [0.1, 0.15) is 17.2 Å². The van der Waals surface area contributed by atoms with Crippen molar-refractivity contribution in [1.29, 1.82) is 0 Å². The standard InChI is InChI=1S/C26H29N2O4/c1-28(2,3)22-13-11-21(12-14-22)27-25(24(17-29)32-26(27)30)20-9-15-23(16-10-20)31-18-19-7-5-4-6-8-19/h4-16,24-25,29H,17-18H2,1-3H3/q+1/t24-,25-/m1/s1. The molecule has 1 saturated heterocycles. The van der Waals surface area contributed by atoms with E-state index in [2.05, 4.69) is 21.1 Å². The first-order valence-electron chi connectivity index (χ1n) is 10.7. The number of hydrogen-bond donors (Lipinski definition) is 1. The van der Waals surface area contributed by atoms with Crippen LogP contribution in [0.5, 0.6) is 5.75 Å². The third-order valence-corrected chi connectivity index (χ3v) is 5.63. The van der Waals surface area contributed by atoms with Gasteiger partial charge in [-0.1, -0.05) is 42.5 Å². The summed E-state index contributed by atoms with van der Waals surface area (Å²) in [6, 6.07) is 25.0. The van der Waals surface area contributed by atoms with Crippen LogP contribution in [0.2, 0.25) is 0 Å². The first-order chi connectivity index (χ1) is 15.4. The molecule has 3 aromatic carbocycles. The molecule has 1 amide bonds. The fourth-order valence-corrected chi connectivity index (χ4v) is 3.86. The van der Waals surface area contributed by atoms with Crippen LogP contribution in [-0.2, 0) is 11.3 Å². The molecule has 1 N–H and O–H groups in total. The second-order valence-corrected chi connectivity index (χ2v) is 8.79. The van der Waals surface area contributed by atoms with Gasteiger partial charge in [0, 0.05) is 17.8 Å². The number of hydrogen-bond acceptors (Lipinski definition) is 4. The smallest absolute Gasteiger partial charge is 0.415 e. The van der Waals surface area contributed by atoms with Crippen molar-refractivity contribution in [2.24, 2.45) is 0 Å². The number of nitrogens with zero attached hydrogens (tertiary/aromatic N) is 2. The third kappa shape index (κ3) is 4.61. The highest BCUT2D eigenvalue weighted by Gasteiger charge is 2.43. The zero-order chi connectivity index (χ0) is 22.7. The highest BCUT2D eigenvalue weighted by molar-refractivity contribution is 5.91. The van der Waals surface area contributed by atoms with E-state index in [9.17, 15) is 9.90 Å². The third-order valence-electron chi connectivity index (χ3n) is 5.63. The summed E-state index contributed by atoms with van der Waals surface area (Å²) in [5.41, 5.74) is 3.82. The number of benzene rings is 3. The number of aliphatic hydroxyl groups is 1. The van der Waals surface area contributed by atoms with Gasteiger partial charge >= 0.3 is 6.09 Å². The summed E-state index contributed by atoms with van der Waals surface area (Å²) >= 11 is 0. The number of quaternary nitrogens is 1. The fourth-order valence-electron chi connectivity index (χ4n) is 3.86. The molecule has 0 unspecified atom stereocenters. The van der Waals surface area contributed by atoms with Crippen LogP contribution in [0, 0.1) is 0 Å². The van der Waals surface area contributed by atoms with Crippen molar-refractivity contribution in [1.82, 2.24) is 4.48 Å². The van der Waals surface area contributed by atoms with Crippen molar-refractivity contribution < 1.29 is 19.4 Å². The monoisotopic (exact) mass is 433 g/mol. The van der Waals surface area contributed by atoms with Gasteiger partial charge in [0.05, 0.1) is 27.7 Å². The Labute approximate surface area is 188 Å². The number of carbonyl (C=O) groups is 1. The number of aliphatic hydroxyl groups excluding tert-OH is 1. The average molecular weight is 434 g/mol. The molecule has 0 aliphatic carbocycles. The lowest BCUT2D eigenvalue weighted by Crippen LogP contribution is -2.35. The number of carbonyl (C=O) groups excluding carboxylic acids is 1. The highest BCUT2D eigenvalue weighted by atomic mass is 16.6. The molecule has 0 saturated carbocycles. The Morgan fingerprint density at radius 1 is 0.938 bits per heavy atom. The molecule has 4 rings (SSSR count). The van der Waals surface area contributed by atoms with E-state index >= 15 is 0 Å². The number of ether oxygens (including phenoxy) is 2. The maximum atomic E-state index is 12.7. The van der Waals surface area contributed by atoms with Crippen LogP contribution in [0.25, 0.3) is 0 Å². The Bertz CT molecular complexity index is 1040. The number of rotatable bonds is 7. The average Bonchev–Trinajstić information content (AvgIpc) is 3.14. The Morgan fingerprint density at radius 3 is 2.19 bits per heavy atom. The second-order valence-electron chi connectivity index (χ2n) is 8.79. The predicted molar refractivity (Wildman–Crippen MR) is 126 cm³/mol. The fraction of sp³-hybridized carbons (Fsp3) is 0.269. The molecule has 166 valence electrons. The Hall–Kier alpha value is -3.35. The molecule has 0 radical (unpaired) electrons. The minimum Gasteiger partial charge on any atom is -0.489 e. The van der Waals surface area contributed by atoms with E-state index in [-0.39, 0.29) is 6.61 Å². The minimum atomic E-state index is -0.642. The molecule has 0 bridgehead atoms. The minimum absolute atomic E-state index is 0.254. The molecule has 1 heterocycles. The summed E-state index contributed by atoms with van der Waals surface area (Å²) in [5, 5.41) is 9.86. The lowest BCUT2D eigenvalue weighted by atomic mass is 10.0. The van der Waals surface area contributed by atoms with Crippen molar-refractivity contribution in [2.75, 3.05) is 32.6 Å². The van der Waals surface area contributed by atoms with E-state index in [0.717, 1.165) is 28.3 Å². The van der Waals surface area contributed by atoms with Crippen molar-refractivity contribution >= 4 is 17.5 Å². The van der Waals surface area contributed by atoms with Crippen LogP contribution < -0.4 is 14.1 Å². The maximum Gasteiger partial charge on any atom is 0.415 e. The van der Waals surface area contributed by atoms with Gasteiger partial charge in [0.25, 0.3) is 0 Å². The number of cyclic esters (lactones) is 1. The van der Waals surface area contributed by atoms with E-state index in [4.69, 9.17) is 9.47 Å². The van der Waals surface area contributed by atoms with Gasteiger partial charge < -0.3 is 14.6 Å². The van der Waals surface area contributed by atoms with Gasteiger partial charge in [-0.25, -0.2) is 4.79 Å². The molecular weight excluding hydrogens is 404 g/mol. The van der Waals surface area contributed by atoms with Crippen LogP contribution in [0.15, 0.2) is 78.9 Å². The number of amides is 1. The molecule has 3 aromatic rings. The zero-order valence-electron chi connectivity index (χ0n) is 18.6. The van der Waals surface area contributed by atoms with Crippen molar-refractivity contribution in [2.45, 2.75) is 18.8 Å². The summed E-state index contributed by atoms with van der Waals surface area (Å²) in [7, 11) is 6.27. The first kappa shape index (κ1) is 21.9. The summed E-state index contributed by atoms with van der Waals surface area (Å²) in [6.45, 7) is 0.228. The lowest BCUT2D eigenvalue weighted by Gasteiger charge is -2.26. The van der Waals surface area contributed by atoms with Crippen LogP contribution >= 0.6 is 0 Å². The summed E-state index contributed by atoms with van der Waals surface area (Å²) in [5.74, 6) is 0.738. The molecule has 1 aliphatic heterocycles. The number of anilines is 1. The van der Waals surface area contributed by atoms with Gasteiger partial charge in [0.2, 0.25) is 0 Å². The van der Waals surface area contributed by atoms with E-state index in [1.54, 1.807) is 4.90 Å². The molecule has 0 aromatic heterocycles. The van der Waals surface area contributed by atoms with Crippen molar-refractivity contribution in [3.05, 3.63) is 90.0 Å². The molecule has 6 heteroatoms. The molecule has 1 fully saturated rings. The quantitative estimate of drug-likeness (QED) is 0.557. The SMILES string of the molecule is C[N+](C)(C)c1ccc(N2C(=O)O[C@H](CO)[C@H]2c2ccc(OCc3ccccc3)cc2)cc1. The van der Waals surface area contributed by atoms with Gasteiger partial charge in [0.1, 0.15) is 24.1 Å². The molecule has 6 nitrogen and oxygen atoms in total. The van der Waals surface area contributed by atoms with Gasteiger partial charge in [-0.3, -0.25) is 9.38 Å². The largest absolute Gasteiger partial charge is 0.489 e. The van der Waals surface area contributed by atoms with Crippen LogP contribution in [-0.4, -0.2) is 45.1 Å². The topological polar surface area (TPSA) is 59.0 Å². The van der Waals surface area contributed by atoms with Crippen LogP contribution in [0.3, 0.4) is 0 Å². The Balaban J connectivity index is 1.56. The molecule has 0 spiro atoms.